The number of piperidine rings is 1. The lowest BCUT2D eigenvalue weighted by Crippen LogP contribution is -2.38. The van der Waals surface area contributed by atoms with E-state index in [2.05, 4.69) is 15.2 Å². The number of aryl methyl sites for hydroxylation is 2. The van der Waals surface area contributed by atoms with E-state index in [1.165, 1.54) is 0 Å². The molecule has 130 valence electrons. The summed E-state index contributed by atoms with van der Waals surface area (Å²) in [5.74, 6) is 0.988. The second-order valence-electron chi connectivity index (χ2n) is 6.75. The molecule has 0 aromatic carbocycles. The molecular weight excluding hydrogens is 318 g/mol. The van der Waals surface area contributed by atoms with Gasteiger partial charge in [0.05, 0.1) is 22.6 Å². The Kier molecular flexibility index (Phi) is 3.78. The van der Waals surface area contributed by atoms with E-state index in [1.807, 2.05) is 41.6 Å². The van der Waals surface area contributed by atoms with Crippen molar-refractivity contribution in [3.63, 3.8) is 0 Å². The number of amides is 1. The Balaban J connectivity index is 1.88. The molecule has 1 fully saturated rings. The standard InChI is InChI=1S/C18H21N5O2/c1-11-8-17-19-9-15(16-7-12(2)21-25-16)18(23(17)20-11)14-5-4-6-22(10-14)13(3)24/h7-9,14H,4-6,10H2,1-3H3/t14-/m1/s1. The summed E-state index contributed by atoms with van der Waals surface area (Å²) >= 11 is 0. The zero-order valence-corrected chi connectivity index (χ0v) is 14.7. The molecule has 3 aromatic heterocycles. The van der Waals surface area contributed by atoms with E-state index >= 15 is 0 Å². The molecule has 1 aliphatic rings. The molecule has 1 aliphatic heterocycles. The lowest BCUT2D eigenvalue weighted by molar-refractivity contribution is -0.130. The van der Waals surface area contributed by atoms with E-state index in [4.69, 9.17) is 4.52 Å². The van der Waals surface area contributed by atoms with Crippen LogP contribution in [0.25, 0.3) is 17.0 Å². The third-order valence-electron chi connectivity index (χ3n) is 4.79. The number of aromatic nitrogens is 4. The summed E-state index contributed by atoms with van der Waals surface area (Å²) in [6.07, 6.45) is 3.81. The largest absolute Gasteiger partial charge is 0.356 e. The van der Waals surface area contributed by atoms with Crippen molar-refractivity contribution in [2.45, 2.75) is 39.5 Å². The van der Waals surface area contributed by atoms with E-state index in [-0.39, 0.29) is 11.8 Å². The van der Waals surface area contributed by atoms with Crippen LogP contribution in [0.2, 0.25) is 0 Å². The minimum Gasteiger partial charge on any atom is -0.356 e. The quantitative estimate of drug-likeness (QED) is 0.717. The molecular formula is C18H21N5O2. The molecule has 1 atom stereocenters. The normalized spacial score (nSPS) is 18.0. The fraction of sp³-hybridized carbons (Fsp3) is 0.444. The van der Waals surface area contributed by atoms with E-state index in [0.717, 1.165) is 47.7 Å². The van der Waals surface area contributed by atoms with E-state index in [0.29, 0.717) is 12.3 Å². The van der Waals surface area contributed by atoms with Gasteiger partial charge in [0, 0.05) is 44.3 Å². The van der Waals surface area contributed by atoms with Gasteiger partial charge in [0.1, 0.15) is 0 Å². The fourth-order valence-electron chi connectivity index (χ4n) is 3.63. The number of hydrogen-bond acceptors (Lipinski definition) is 5. The van der Waals surface area contributed by atoms with Crippen LogP contribution in [-0.4, -0.2) is 43.7 Å². The predicted molar refractivity (Wildman–Crippen MR) is 92.2 cm³/mol. The monoisotopic (exact) mass is 339 g/mol. The molecule has 25 heavy (non-hydrogen) atoms. The van der Waals surface area contributed by atoms with Crippen molar-refractivity contribution in [2.24, 2.45) is 0 Å². The Bertz CT molecular complexity index is 942. The average Bonchev–Trinajstić information content (AvgIpc) is 3.18. The van der Waals surface area contributed by atoms with Gasteiger partial charge in [-0.3, -0.25) is 4.79 Å². The van der Waals surface area contributed by atoms with Gasteiger partial charge in [0.15, 0.2) is 11.4 Å². The molecule has 0 spiro atoms. The van der Waals surface area contributed by atoms with Crippen LogP contribution in [0.4, 0.5) is 0 Å². The van der Waals surface area contributed by atoms with Gasteiger partial charge in [0.2, 0.25) is 5.91 Å². The highest BCUT2D eigenvalue weighted by atomic mass is 16.5. The van der Waals surface area contributed by atoms with Gasteiger partial charge in [-0.15, -0.1) is 0 Å². The highest BCUT2D eigenvalue weighted by molar-refractivity contribution is 5.73. The molecule has 0 N–H and O–H groups in total. The van der Waals surface area contributed by atoms with Gasteiger partial charge in [0.25, 0.3) is 0 Å². The number of fused-ring (bicyclic) bond motifs is 1. The van der Waals surface area contributed by atoms with E-state index in [9.17, 15) is 4.79 Å². The summed E-state index contributed by atoms with van der Waals surface area (Å²) in [5, 5.41) is 8.65. The number of hydrogen-bond donors (Lipinski definition) is 0. The first-order valence-corrected chi connectivity index (χ1v) is 8.57. The number of rotatable bonds is 2. The summed E-state index contributed by atoms with van der Waals surface area (Å²) in [6, 6.07) is 3.87. The maximum Gasteiger partial charge on any atom is 0.219 e. The zero-order valence-electron chi connectivity index (χ0n) is 14.7. The van der Waals surface area contributed by atoms with Crippen LogP contribution in [0.5, 0.6) is 0 Å². The predicted octanol–water partition coefficient (Wildman–Crippen LogP) is 2.73. The van der Waals surface area contributed by atoms with Gasteiger partial charge in [-0.1, -0.05) is 5.16 Å². The molecule has 4 rings (SSSR count). The van der Waals surface area contributed by atoms with Gasteiger partial charge in [-0.2, -0.15) is 5.10 Å². The molecule has 1 amide bonds. The molecule has 7 heteroatoms. The van der Waals surface area contributed by atoms with Crippen LogP contribution >= 0.6 is 0 Å². The zero-order chi connectivity index (χ0) is 17.6. The lowest BCUT2D eigenvalue weighted by atomic mass is 9.91. The SMILES string of the molecule is CC(=O)N1CCC[C@@H](c2c(-c3cc(C)no3)cnc3cc(C)nn23)C1. The van der Waals surface area contributed by atoms with Crippen LogP contribution in [-0.2, 0) is 4.79 Å². The van der Waals surface area contributed by atoms with Crippen molar-refractivity contribution in [2.75, 3.05) is 13.1 Å². The molecule has 0 unspecified atom stereocenters. The highest BCUT2D eigenvalue weighted by Crippen LogP contribution is 2.34. The second kappa shape index (κ2) is 5.98. The minimum atomic E-state index is 0.115. The van der Waals surface area contributed by atoms with Gasteiger partial charge in [-0.05, 0) is 26.7 Å². The molecule has 1 saturated heterocycles. The summed E-state index contributed by atoms with van der Waals surface area (Å²) < 4.78 is 7.40. The first-order valence-electron chi connectivity index (χ1n) is 8.57. The highest BCUT2D eigenvalue weighted by Gasteiger charge is 2.29. The van der Waals surface area contributed by atoms with Gasteiger partial charge in [-0.25, -0.2) is 9.50 Å². The average molecular weight is 339 g/mol. The van der Waals surface area contributed by atoms with Crippen LogP contribution in [0.15, 0.2) is 22.9 Å². The summed E-state index contributed by atoms with van der Waals surface area (Å²) in [5.41, 5.74) is 4.49. The molecule has 7 nitrogen and oxygen atoms in total. The minimum absolute atomic E-state index is 0.115. The lowest BCUT2D eigenvalue weighted by Gasteiger charge is -2.32. The number of carbonyl (C=O) groups is 1. The van der Waals surface area contributed by atoms with E-state index < -0.39 is 0 Å². The second-order valence-corrected chi connectivity index (χ2v) is 6.75. The fourth-order valence-corrected chi connectivity index (χ4v) is 3.63. The third-order valence-corrected chi connectivity index (χ3v) is 4.79. The van der Waals surface area contributed by atoms with Gasteiger partial charge >= 0.3 is 0 Å². The molecule has 0 aliphatic carbocycles. The molecule has 4 heterocycles. The van der Waals surface area contributed by atoms with Crippen molar-refractivity contribution in [3.8, 4) is 11.3 Å². The maximum atomic E-state index is 11.9. The van der Waals surface area contributed by atoms with Crippen molar-refractivity contribution in [1.82, 2.24) is 24.7 Å². The Labute approximate surface area is 145 Å². The van der Waals surface area contributed by atoms with Gasteiger partial charge < -0.3 is 9.42 Å². The summed E-state index contributed by atoms with van der Waals surface area (Å²) in [7, 11) is 0. The van der Waals surface area contributed by atoms with E-state index in [1.54, 1.807) is 6.92 Å². The number of carbonyl (C=O) groups excluding carboxylic acids is 1. The maximum absolute atomic E-state index is 11.9. The Hall–Kier alpha value is -2.70. The Morgan fingerprint density at radius 2 is 2.12 bits per heavy atom. The van der Waals surface area contributed by atoms with Crippen molar-refractivity contribution < 1.29 is 9.32 Å². The van der Waals surface area contributed by atoms with Crippen LogP contribution in [0.1, 0.15) is 42.8 Å². The first-order chi connectivity index (χ1) is 12.0. The number of likely N-dealkylation sites (tertiary alicyclic amines) is 1. The van der Waals surface area contributed by atoms with Crippen LogP contribution in [0.3, 0.4) is 0 Å². The number of nitrogens with zero attached hydrogens (tertiary/aromatic N) is 5. The van der Waals surface area contributed by atoms with Crippen molar-refractivity contribution >= 4 is 11.6 Å². The Morgan fingerprint density at radius 1 is 1.28 bits per heavy atom. The topological polar surface area (TPSA) is 76.5 Å². The third kappa shape index (κ3) is 2.79. The summed E-state index contributed by atoms with van der Waals surface area (Å²) in [6.45, 7) is 6.99. The van der Waals surface area contributed by atoms with Crippen molar-refractivity contribution in [1.29, 1.82) is 0 Å². The molecule has 0 radical (unpaired) electrons. The summed E-state index contributed by atoms with van der Waals surface area (Å²) in [4.78, 5) is 18.3. The molecule has 0 saturated carbocycles. The molecule has 3 aromatic rings. The molecule has 0 bridgehead atoms. The van der Waals surface area contributed by atoms with Crippen molar-refractivity contribution in [3.05, 3.63) is 35.4 Å². The first kappa shape index (κ1) is 15.8. The smallest absolute Gasteiger partial charge is 0.219 e. The van der Waals surface area contributed by atoms with Crippen LogP contribution < -0.4 is 0 Å². The van der Waals surface area contributed by atoms with Crippen LogP contribution in [0, 0.1) is 13.8 Å². The Morgan fingerprint density at radius 3 is 2.84 bits per heavy atom.